The van der Waals surface area contributed by atoms with E-state index >= 15 is 0 Å². The minimum atomic E-state index is -1.37. The second-order valence-corrected chi connectivity index (χ2v) is 26.7. The Morgan fingerprint density at radius 1 is 0.494 bits per heavy atom. The number of aliphatic hydroxyl groups is 1. The van der Waals surface area contributed by atoms with Gasteiger partial charge in [-0.3, -0.25) is 50.0 Å². The maximum atomic E-state index is 13.4. The zero-order valence-electron chi connectivity index (χ0n) is 48.4. The summed E-state index contributed by atoms with van der Waals surface area (Å²) in [4.78, 5) is 93.8. The minimum Gasteiger partial charge on any atom is -0.454 e. The van der Waals surface area contributed by atoms with E-state index in [1.165, 1.54) is 24.3 Å². The van der Waals surface area contributed by atoms with Gasteiger partial charge < -0.3 is 24.1 Å². The van der Waals surface area contributed by atoms with Gasteiger partial charge in [-0.2, -0.15) is 0 Å². The van der Waals surface area contributed by atoms with E-state index in [0.717, 1.165) is 0 Å². The Morgan fingerprint density at radius 3 is 1.02 bits per heavy atom. The number of esters is 4. The van der Waals surface area contributed by atoms with Crippen LogP contribution in [0.15, 0.2) is 97.1 Å². The fraction of sp³-hybridized carbons (Fsp3) is 0.525. The zero-order valence-corrected chi connectivity index (χ0v) is 50.6. The summed E-state index contributed by atoms with van der Waals surface area (Å²) in [6.07, 6.45) is -0.710. The van der Waals surface area contributed by atoms with E-state index in [-0.39, 0.29) is 27.7 Å². The van der Waals surface area contributed by atoms with Crippen molar-refractivity contribution in [3.8, 4) is 0 Å². The van der Waals surface area contributed by atoms with Crippen LogP contribution < -0.4 is 0 Å². The fourth-order valence-electron chi connectivity index (χ4n) is 10.9. The predicted octanol–water partition coefficient (Wildman–Crippen LogP) is 13.6. The fourth-order valence-corrected chi connectivity index (χ4v) is 11.5. The van der Waals surface area contributed by atoms with Crippen LogP contribution >= 0.6 is 22.6 Å². The van der Waals surface area contributed by atoms with Gasteiger partial charge in [0.15, 0.2) is 0 Å². The van der Waals surface area contributed by atoms with Crippen LogP contribution in [0.5, 0.6) is 0 Å². The lowest BCUT2D eigenvalue weighted by atomic mass is 9.66. The molecule has 7 atom stereocenters. The molecule has 81 heavy (non-hydrogen) atoms. The van der Waals surface area contributed by atoms with Crippen LogP contribution in [0.4, 0.5) is 22.7 Å². The van der Waals surface area contributed by atoms with E-state index < -0.39 is 106 Å². The molecule has 0 radical (unpaired) electrons. The Labute approximate surface area is 484 Å². The molecular weight excluding hydrogens is 1160 g/mol. The van der Waals surface area contributed by atoms with Gasteiger partial charge in [-0.15, -0.1) is 0 Å². The SMILES string of the molecule is CC(C)(C)C(O)c1ccccc1[N+](=O)[O-].CC(C)(C)C(OC(=O)[C@@]12CC[C@@](C)(C(=O)O1)C2(C)C)c1ccccc1[N+](=O)[O-].CC(C)(C)[C@H](OC(=O)[C@@]12CC[C@@](C)(C(=O)O1)C2(C)C)c1ccccc1[N+](=O)[O-].O=[N+]([O-])c1ccccc1I. The lowest BCUT2D eigenvalue weighted by molar-refractivity contribution is -0.386. The summed E-state index contributed by atoms with van der Waals surface area (Å²) in [5, 5.41) is 54.0. The molecule has 21 nitrogen and oxygen atoms in total. The Morgan fingerprint density at radius 2 is 0.778 bits per heavy atom. The molecule has 4 aliphatic rings. The summed E-state index contributed by atoms with van der Waals surface area (Å²) in [5.74, 6) is -2.05. The van der Waals surface area contributed by atoms with Crippen molar-refractivity contribution in [3.63, 3.8) is 0 Å². The van der Waals surface area contributed by atoms with Crippen LogP contribution in [-0.2, 0) is 38.1 Å². The molecule has 4 bridgehead atoms. The number of aliphatic hydroxyl groups excluding tert-OH is 1. The van der Waals surface area contributed by atoms with Crippen molar-refractivity contribution in [2.45, 2.75) is 159 Å². The number of nitrogens with zero attached hydrogens (tertiary/aromatic N) is 4. The molecule has 0 aromatic heterocycles. The quantitative estimate of drug-likeness (QED) is 0.0480. The van der Waals surface area contributed by atoms with E-state index in [1.807, 2.05) is 126 Å². The molecule has 2 unspecified atom stereocenters. The number of fused-ring (bicyclic) bond motifs is 4. The second kappa shape index (κ2) is 23.1. The van der Waals surface area contributed by atoms with Crippen molar-refractivity contribution < 1.29 is 62.9 Å². The summed E-state index contributed by atoms with van der Waals surface area (Å²) in [6, 6.07) is 25.4. The van der Waals surface area contributed by atoms with Gasteiger partial charge >= 0.3 is 23.9 Å². The number of halogens is 1. The largest absolute Gasteiger partial charge is 0.454 e. The molecule has 4 fully saturated rings. The number of rotatable bonds is 11. The second-order valence-electron chi connectivity index (χ2n) is 25.6. The molecule has 4 aromatic carbocycles. The topological polar surface area (TPSA) is 298 Å². The maximum Gasteiger partial charge on any atom is 0.351 e. The van der Waals surface area contributed by atoms with Crippen LogP contribution in [0.2, 0.25) is 0 Å². The van der Waals surface area contributed by atoms with Crippen molar-refractivity contribution >= 4 is 69.2 Å². The zero-order chi connectivity index (χ0) is 61.4. The molecule has 2 aliphatic carbocycles. The normalized spacial score (nSPS) is 23.9. The van der Waals surface area contributed by atoms with Crippen molar-refractivity contribution in [3.05, 3.63) is 158 Å². The first kappa shape index (κ1) is 64.9. The van der Waals surface area contributed by atoms with E-state index in [1.54, 1.807) is 72.8 Å². The van der Waals surface area contributed by atoms with Gasteiger partial charge in [0.1, 0.15) is 12.2 Å². The van der Waals surface area contributed by atoms with Crippen molar-refractivity contribution in [2.24, 2.45) is 37.9 Å². The average molecular weight is 1240 g/mol. The lowest BCUT2D eigenvalue weighted by Gasteiger charge is -2.38. The smallest absolute Gasteiger partial charge is 0.351 e. The Balaban J connectivity index is 0.000000213. The number of para-hydroxylation sites is 4. The number of hydrogen-bond acceptors (Lipinski definition) is 17. The molecule has 0 amide bonds. The first-order valence-corrected chi connectivity index (χ1v) is 27.3. The molecule has 4 aromatic rings. The van der Waals surface area contributed by atoms with Crippen molar-refractivity contribution in [1.82, 2.24) is 0 Å². The monoisotopic (exact) mass is 1240 g/mol. The van der Waals surface area contributed by atoms with Gasteiger partial charge in [0, 0.05) is 45.9 Å². The van der Waals surface area contributed by atoms with Crippen LogP contribution in [-0.4, -0.2) is 59.9 Å². The number of ether oxygens (including phenoxy) is 4. The number of nitro groups is 4. The Hall–Kier alpha value is -6.95. The molecule has 2 saturated carbocycles. The van der Waals surface area contributed by atoms with Crippen LogP contribution in [0, 0.1) is 81.9 Å². The number of hydrogen-bond donors (Lipinski definition) is 1. The molecule has 2 aliphatic heterocycles. The third-order valence-electron chi connectivity index (χ3n) is 17.0. The standard InChI is InChI=1S/2C21H27NO6.C11H15NO3.C6H4INO2/c2*1-18(2,3)15(13-9-7-8-10-14(13)22(25)26)27-17(24)21-12-11-20(6,16(23)28-21)19(21,4)5;1-11(2,3)10(13)8-6-4-5-7-9(8)12(14)15;7-5-3-1-2-4-6(5)8(9)10/h2*7-10,15H,11-12H2,1-6H3;4-7,10,13H,1-3H3;1-4H/t15?,20-,21+;15-,20+,21-;;/m01../s1. The summed E-state index contributed by atoms with van der Waals surface area (Å²) < 4.78 is 23.7. The molecule has 2 heterocycles. The Kier molecular flexibility index (Phi) is 18.5. The van der Waals surface area contributed by atoms with Crippen LogP contribution in [0.3, 0.4) is 0 Å². The molecule has 1 N–H and O–H groups in total. The number of nitro benzene ring substituents is 4. The van der Waals surface area contributed by atoms with Crippen LogP contribution in [0.25, 0.3) is 0 Å². The van der Waals surface area contributed by atoms with Gasteiger partial charge in [-0.1, -0.05) is 139 Å². The van der Waals surface area contributed by atoms with Crippen LogP contribution in [0.1, 0.15) is 165 Å². The molecular formula is C59H73IN4O17. The van der Waals surface area contributed by atoms with Gasteiger partial charge in [-0.25, -0.2) is 9.59 Å². The molecule has 438 valence electrons. The maximum absolute atomic E-state index is 13.4. The molecule has 0 spiro atoms. The van der Waals surface area contributed by atoms with E-state index in [9.17, 15) is 64.7 Å². The predicted molar refractivity (Wildman–Crippen MR) is 306 cm³/mol. The van der Waals surface area contributed by atoms with Gasteiger partial charge in [-0.05, 0) is 91.8 Å². The third-order valence-corrected chi connectivity index (χ3v) is 17.9. The van der Waals surface area contributed by atoms with Gasteiger partial charge in [0.2, 0.25) is 11.2 Å². The van der Waals surface area contributed by atoms with E-state index in [2.05, 4.69) is 0 Å². The van der Waals surface area contributed by atoms with Crippen molar-refractivity contribution in [1.29, 1.82) is 0 Å². The number of carbonyl (C=O) groups is 4. The highest BCUT2D eigenvalue weighted by Crippen LogP contribution is 2.67. The van der Waals surface area contributed by atoms with Crippen molar-refractivity contribution in [2.75, 3.05) is 0 Å². The first-order valence-electron chi connectivity index (χ1n) is 26.3. The highest BCUT2D eigenvalue weighted by atomic mass is 127. The van der Waals surface area contributed by atoms with E-state index in [0.29, 0.717) is 45.9 Å². The lowest BCUT2D eigenvalue weighted by Crippen LogP contribution is -2.49. The highest BCUT2D eigenvalue weighted by Gasteiger charge is 2.78. The molecule has 22 heteroatoms. The summed E-state index contributed by atoms with van der Waals surface area (Å²) >= 11 is 1.93. The minimum absolute atomic E-state index is 0.0278. The van der Waals surface area contributed by atoms with Gasteiger partial charge in [0.05, 0.1) is 56.9 Å². The summed E-state index contributed by atoms with van der Waals surface area (Å²) in [6.45, 7) is 27.7. The Bertz CT molecular complexity index is 2980. The number of benzene rings is 4. The first-order chi connectivity index (χ1) is 37.1. The molecule has 8 rings (SSSR count). The average Bonchev–Trinajstić information content (AvgIpc) is 2.40. The summed E-state index contributed by atoms with van der Waals surface area (Å²) in [7, 11) is 0. The number of carbonyl (C=O) groups excluding carboxylic acids is 4. The van der Waals surface area contributed by atoms with E-state index in [4.69, 9.17) is 18.9 Å². The molecule has 2 saturated heterocycles. The summed E-state index contributed by atoms with van der Waals surface area (Å²) in [5.41, 5.74) is -6.37. The third kappa shape index (κ3) is 12.0. The highest BCUT2D eigenvalue weighted by molar-refractivity contribution is 14.1. The van der Waals surface area contributed by atoms with Gasteiger partial charge in [0.25, 0.3) is 22.7 Å².